The van der Waals surface area contributed by atoms with E-state index in [1.54, 1.807) is 4.90 Å². The molecular formula is C13H25N3O2. The molecule has 0 aromatic carbocycles. The average molecular weight is 255 g/mol. The third-order valence-corrected chi connectivity index (χ3v) is 4.59. The molecule has 2 N–H and O–H groups in total. The van der Waals surface area contributed by atoms with Crippen molar-refractivity contribution < 1.29 is 9.53 Å². The van der Waals surface area contributed by atoms with Crippen LogP contribution in [-0.2, 0) is 9.53 Å². The first-order valence-electron chi connectivity index (χ1n) is 6.69. The molecule has 5 heteroatoms. The fraction of sp³-hybridized carbons (Fsp3) is 0.923. The molecule has 1 heterocycles. The Morgan fingerprint density at radius 1 is 1.28 bits per heavy atom. The van der Waals surface area contributed by atoms with Crippen LogP contribution in [0.2, 0.25) is 0 Å². The predicted octanol–water partition coefficient (Wildman–Crippen LogP) is 0.0469. The first-order chi connectivity index (χ1) is 8.40. The SMILES string of the molecule is CN(CC1(N(C)C)CCC1)C(=O)C1(N)CCOC1. The molecule has 1 unspecified atom stereocenters. The summed E-state index contributed by atoms with van der Waals surface area (Å²) in [4.78, 5) is 16.5. The lowest BCUT2D eigenvalue weighted by Gasteiger charge is -2.49. The van der Waals surface area contributed by atoms with Crippen LogP contribution in [-0.4, -0.2) is 67.7 Å². The highest BCUT2D eigenvalue weighted by Gasteiger charge is 2.45. The molecule has 18 heavy (non-hydrogen) atoms. The van der Waals surface area contributed by atoms with E-state index in [0.717, 1.165) is 19.4 Å². The van der Waals surface area contributed by atoms with Crippen molar-refractivity contribution in [3.63, 3.8) is 0 Å². The lowest BCUT2D eigenvalue weighted by molar-refractivity contribution is -0.138. The van der Waals surface area contributed by atoms with Gasteiger partial charge in [-0.15, -0.1) is 0 Å². The van der Waals surface area contributed by atoms with Gasteiger partial charge in [-0.1, -0.05) is 0 Å². The van der Waals surface area contributed by atoms with Crippen LogP contribution in [0.15, 0.2) is 0 Å². The predicted molar refractivity (Wildman–Crippen MR) is 70.3 cm³/mol. The molecule has 0 bridgehead atoms. The van der Waals surface area contributed by atoms with Gasteiger partial charge in [-0.25, -0.2) is 0 Å². The molecule has 0 aromatic heterocycles. The number of hydrogen-bond donors (Lipinski definition) is 1. The second-order valence-electron chi connectivity index (χ2n) is 6.09. The number of hydrogen-bond acceptors (Lipinski definition) is 4. The van der Waals surface area contributed by atoms with E-state index in [1.165, 1.54) is 6.42 Å². The van der Waals surface area contributed by atoms with E-state index >= 15 is 0 Å². The maximum atomic E-state index is 12.4. The normalized spacial score (nSPS) is 30.3. The molecule has 2 rings (SSSR count). The fourth-order valence-electron chi connectivity index (χ4n) is 2.97. The minimum atomic E-state index is -0.800. The van der Waals surface area contributed by atoms with Gasteiger partial charge in [0.15, 0.2) is 0 Å². The van der Waals surface area contributed by atoms with Gasteiger partial charge in [-0.2, -0.15) is 0 Å². The quantitative estimate of drug-likeness (QED) is 0.771. The van der Waals surface area contributed by atoms with E-state index in [2.05, 4.69) is 19.0 Å². The monoisotopic (exact) mass is 255 g/mol. The van der Waals surface area contributed by atoms with Gasteiger partial charge in [0.05, 0.1) is 6.61 Å². The highest BCUT2D eigenvalue weighted by Crippen LogP contribution is 2.37. The topological polar surface area (TPSA) is 58.8 Å². The molecular weight excluding hydrogens is 230 g/mol. The molecule has 1 atom stereocenters. The molecule has 0 aromatic rings. The number of carbonyl (C=O) groups is 1. The molecule has 2 fully saturated rings. The van der Waals surface area contributed by atoms with E-state index < -0.39 is 5.54 Å². The Balaban J connectivity index is 1.99. The molecule has 1 saturated heterocycles. The zero-order chi connectivity index (χ0) is 13.4. The molecule has 5 nitrogen and oxygen atoms in total. The lowest BCUT2D eigenvalue weighted by Crippen LogP contribution is -2.62. The molecule has 2 aliphatic rings. The van der Waals surface area contributed by atoms with Crippen molar-refractivity contribution in [2.75, 3.05) is 40.9 Å². The average Bonchev–Trinajstić information content (AvgIpc) is 2.70. The Kier molecular flexibility index (Phi) is 3.67. The van der Waals surface area contributed by atoms with Crippen LogP contribution in [0.25, 0.3) is 0 Å². The van der Waals surface area contributed by atoms with Gasteiger partial charge in [0, 0.05) is 25.7 Å². The Morgan fingerprint density at radius 3 is 2.33 bits per heavy atom. The third-order valence-electron chi connectivity index (χ3n) is 4.59. The van der Waals surface area contributed by atoms with Crippen LogP contribution in [0.4, 0.5) is 0 Å². The van der Waals surface area contributed by atoms with E-state index in [0.29, 0.717) is 19.6 Å². The van der Waals surface area contributed by atoms with Gasteiger partial charge in [0.25, 0.3) is 0 Å². The summed E-state index contributed by atoms with van der Waals surface area (Å²) in [6.07, 6.45) is 4.19. The molecule has 1 saturated carbocycles. The maximum absolute atomic E-state index is 12.4. The standard InChI is InChI=1S/C13H25N3O2/c1-15(2)12(5-4-6-12)9-16(3)11(17)13(14)7-8-18-10-13/h4-10,14H2,1-3H3. The van der Waals surface area contributed by atoms with Crippen molar-refractivity contribution in [3.05, 3.63) is 0 Å². The van der Waals surface area contributed by atoms with Gasteiger partial charge in [-0.05, 0) is 39.8 Å². The first-order valence-corrected chi connectivity index (χ1v) is 6.69. The Morgan fingerprint density at radius 2 is 1.94 bits per heavy atom. The van der Waals surface area contributed by atoms with Crippen molar-refractivity contribution in [2.24, 2.45) is 5.73 Å². The number of rotatable bonds is 4. The Bertz CT molecular complexity index is 320. The highest BCUT2D eigenvalue weighted by atomic mass is 16.5. The van der Waals surface area contributed by atoms with E-state index in [1.807, 2.05) is 7.05 Å². The molecule has 1 aliphatic heterocycles. The minimum absolute atomic E-state index is 0.0214. The Hall–Kier alpha value is -0.650. The largest absolute Gasteiger partial charge is 0.379 e. The summed E-state index contributed by atoms with van der Waals surface area (Å²) >= 11 is 0. The third kappa shape index (κ3) is 2.27. The van der Waals surface area contributed by atoms with Crippen LogP contribution in [0.5, 0.6) is 0 Å². The van der Waals surface area contributed by atoms with E-state index in [4.69, 9.17) is 10.5 Å². The maximum Gasteiger partial charge on any atom is 0.244 e. The van der Waals surface area contributed by atoms with Crippen LogP contribution in [0.3, 0.4) is 0 Å². The van der Waals surface area contributed by atoms with E-state index in [9.17, 15) is 4.79 Å². The number of carbonyl (C=O) groups excluding carboxylic acids is 1. The number of nitrogens with two attached hydrogens (primary N) is 1. The summed E-state index contributed by atoms with van der Waals surface area (Å²) in [6, 6.07) is 0. The van der Waals surface area contributed by atoms with Crippen LogP contribution < -0.4 is 5.73 Å². The molecule has 1 aliphatic carbocycles. The summed E-state index contributed by atoms with van der Waals surface area (Å²) in [7, 11) is 6.04. The van der Waals surface area contributed by atoms with Crippen molar-refractivity contribution in [3.8, 4) is 0 Å². The van der Waals surface area contributed by atoms with Crippen molar-refractivity contribution in [1.29, 1.82) is 0 Å². The molecule has 0 radical (unpaired) electrons. The second kappa shape index (κ2) is 4.79. The molecule has 1 amide bonds. The lowest BCUT2D eigenvalue weighted by atomic mass is 9.75. The zero-order valence-electron chi connectivity index (χ0n) is 11.7. The fourth-order valence-corrected chi connectivity index (χ4v) is 2.97. The van der Waals surface area contributed by atoms with Gasteiger partial charge < -0.3 is 20.3 Å². The van der Waals surface area contributed by atoms with Gasteiger partial charge >= 0.3 is 0 Å². The zero-order valence-corrected chi connectivity index (χ0v) is 11.7. The van der Waals surface area contributed by atoms with Crippen molar-refractivity contribution in [2.45, 2.75) is 36.8 Å². The number of likely N-dealkylation sites (N-methyl/N-ethyl adjacent to an activating group) is 2. The van der Waals surface area contributed by atoms with Crippen molar-refractivity contribution in [1.82, 2.24) is 9.80 Å². The van der Waals surface area contributed by atoms with Gasteiger partial charge in [-0.3, -0.25) is 4.79 Å². The molecule has 104 valence electrons. The van der Waals surface area contributed by atoms with E-state index in [-0.39, 0.29) is 11.4 Å². The number of amides is 1. The summed E-state index contributed by atoms with van der Waals surface area (Å²) in [5, 5.41) is 0. The van der Waals surface area contributed by atoms with Gasteiger partial charge in [0.2, 0.25) is 5.91 Å². The first kappa shape index (κ1) is 13.8. The minimum Gasteiger partial charge on any atom is -0.379 e. The van der Waals surface area contributed by atoms with Crippen LogP contribution >= 0.6 is 0 Å². The summed E-state index contributed by atoms with van der Waals surface area (Å²) in [6.45, 7) is 1.71. The number of nitrogens with zero attached hydrogens (tertiary/aromatic N) is 2. The second-order valence-corrected chi connectivity index (χ2v) is 6.09. The van der Waals surface area contributed by atoms with Gasteiger partial charge in [0.1, 0.15) is 5.54 Å². The van der Waals surface area contributed by atoms with Crippen molar-refractivity contribution >= 4 is 5.91 Å². The smallest absolute Gasteiger partial charge is 0.244 e. The highest BCUT2D eigenvalue weighted by molar-refractivity contribution is 5.86. The molecule has 0 spiro atoms. The van der Waals surface area contributed by atoms with Crippen LogP contribution in [0, 0.1) is 0 Å². The Labute approximate surface area is 109 Å². The summed E-state index contributed by atoms with van der Waals surface area (Å²) < 4.78 is 5.27. The van der Waals surface area contributed by atoms with Crippen LogP contribution in [0.1, 0.15) is 25.7 Å². The summed E-state index contributed by atoms with van der Waals surface area (Å²) in [5.74, 6) is 0.0214. The summed E-state index contributed by atoms with van der Waals surface area (Å²) in [5.41, 5.74) is 5.48. The number of ether oxygens (including phenoxy) is 1.